The zero-order valence-electron chi connectivity index (χ0n) is 9.00. The van der Waals surface area contributed by atoms with Crippen LogP contribution in [0.2, 0.25) is 0 Å². The van der Waals surface area contributed by atoms with Crippen molar-refractivity contribution in [2.24, 2.45) is 5.41 Å². The maximum Gasteiger partial charge on any atom is 0.212 e. The standard InChI is InChI=1S/C9H19NO3S/c1-8(2,3)7-14(12,13)10-9(6-11)4-5-9/h10-11H,4-7H2,1-3H3. The van der Waals surface area contributed by atoms with Crippen LogP contribution in [0.5, 0.6) is 0 Å². The molecule has 0 bridgehead atoms. The maximum atomic E-state index is 11.6. The van der Waals surface area contributed by atoms with Gasteiger partial charge in [-0.1, -0.05) is 20.8 Å². The summed E-state index contributed by atoms with van der Waals surface area (Å²) in [6.45, 7) is 5.54. The van der Waals surface area contributed by atoms with Gasteiger partial charge in [0.2, 0.25) is 10.0 Å². The van der Waals surface area contributed by atoms with Crippen molar-refractivity contribution in [3.63, 3.8) is 0 Å². The Morgan fingerprint density at radius 1 is 1.36 bits per heavy atom. The second-order valence-corrected chi connectivity index (χ2v) is 7.08. The van der Waals surface area contributed by atoms with Crippen LogP contribution >= 0.6 is 0 Å². The summed E-state index contributed by atoms with van der Waals surface area (Å²) in [6.07, 6.45) is 1.49. The van der Waals surface area contributed by atoms with Crippen LogP contribution in [0.1, 0.15) is 33.6 Å². The summed E-state index contributed by atoms with van der Waals surface area (Å²) in [5.41, 5.74) is -0.790. The van der Waals surface area contributed by atoms with E-state index in [-0.39, 0.29) is 17.8 Å². The van der Waals surface area contributed by atoms with Gasteiger partial charge in [-0.2, -0.15) is 0 Å². The van der Waals surface area contributed by atoms with E-state index in [1.54, 1.807) is 0 Å². The largest absolute Gasteiger partial charge is 0.394 e. The molecule has 0 amide bonds. The van der Waals surface area contributed by atoms with E-state index in [1.165, 1.54) is 0 Å². The van der Waals surface area contributed by atoms with Crippen LogP contribution in [0.4, 0.5) is 0 Å². The topological polar surface area (TPSA) is 66.4 Å². The SMILES string of the molecule is CC(C)(C)CS(=O)(=O)NC1(CO)CC1. The van der Waals surface area contributed by atoms with Crippen molar-refractivity contribution >= 4 is 10.0 Å². The molecule has 1 aliphatic rings. The summed E-state index contributed by atoms with van der Waals surface area (Å²) in [7, 11) is -3.26. The van der Waals surface area contributed by atoms with Gasteiger partial charge in [-0.05, 0) is 18.3 Å². The highest BCUT2D eigenvalue weighted by Crippen LogP contribution is 2.35. The Balaban J connectivity index is 2.59. The first-order chi connectivity index (χ1) is 6.18. The third kappa shape index (κ3) is 3.55. The molecule has 1 saturated carbocycles. The van der Waals surface area contributed by atoms with Crippen LogP contribution < -0.4 is 4.72 Å². The Hall–Kier alpha value is -0.130. The highest BCUT2D eigenvalue weighted by molar-refractivity contribution is 7.89. The van der Waals surface area contributed by atoms with Crippen LogP contribution in [0.25, 0.3) is 0 Å². The summed E-state index contributed by atoms with van der Waals surface area (Å²) >= 11 is 0. The second kappa shape index (κ2) is 3.47. The van der Waals surface area contributed by atoms with E-state index < -0.39 is 15.6 Å². The molecule has 0 aromatic rings. The van der Waals surface area contributed by atoms with Gasteiger partial charge in [0.15, 0.2) is 0 Å². The Kier molecular flexibility index (Phi) is 2.96. The van der Waals surface area contributed by atoms with Crippen molar-refractivity contribution in [2.45, 2.75) is 39.2 Å². The lowest BCUT2D eigenvalue weighted by Crippen LogP contribution is -2.43. The van der Waals surface area contributed by atoms with Crippen LogP contribution in [-0.4, -0.2) is 31.4 Å². The van der Waals surface area contributed by atoms with Crippen LogP contribution in [0.3, 0.4) is 0 Å². The Morgan fingerprint density at radius 3 is 2.14 bits per heavy atom. The molecule has 14 heavy (non-hydrogen) atoms. The Labute approximate surface area is 85.8 Å². The predicted molar refractivity (Wildman–Crippen MR) is 55.4 cm³/mol. The van der Waals surface area contributed by atoms with E-state index in [9.17, 15) is 8.42 Å². The molecule has 0 aromatic heterocycles. The third-order valence-corrected chi connectivity index (χ3v) is 4.14. The lowest BCUT2D eigenvalue weighted by molar-refractivity contribution is 0.246. The number of hydrogen-bond acceptors (Lipinski definition) is 3. The summed E-state index contributed by atoms with van der Waals surface area (Å²) in [4.78, 5) is 0. The lowest BCUT2D eigenvalue weighted by Gasteiger charge is -2.21. The number of aliphatic hydroxyl groups excluding tert-OH is 1. The molecule has 2 N–H and O–H groups in total. The minimum atomic E-state index is -3.26. The van der Waals surface area contributed by atoms with Crippen molar-refractivity contribution in [1.29, 1.82) is 0 Å². The number of hydrogen-bond donors (Lipinski definition) is 2. The van der Waals surface area contributed by atoms with Gasteiger partial charge in [0.25, 0.3) is 0 Å². The lowest BCUT2D eigenvalue weighted by atomic mass is 10.0. The van der Waals surface area contributed by atoms with E-state index in [2.05, 4.69) is 4.72 Å². The van der Waals surface area contributed by atoms with Gasteiger partial charge in [0, 0.05) is 0 Å². The summed E-state index contributed by atoms with van der Waals surface area (Å²) in [5.74, 6) is 0.0990. The maximum absolute atomic E-state index is 11.6. The average molecular weight is 221 g/mol. The monoisotopic (exact) mass is 221 g/mol. The predicted octanol–water partition coefficient (Wildman–Crippen LogP) is 0.477. The quantitative estimate of drug-likeness (QED) is 0.725. The smallest absolute Gasteiger partial charge is 0.212 e. The highest BCUT2D eigenvalue weighted by Gasteiger charge is 2.45. The molecule has 1 aliphatic carbocycles. The van der Waals surface area contributed by atoms with Crippen molar-refractivity contribution < 1.29 is 13.5 Å². The van der Waals surface area contributed by atoms with Gasteiger partial charge in [0.1, 0.15) is 0 Å². The molecule has 5 heteroatoms. The minimum Gasteiger partial charge on any atom is -0.394 e. The van der Waals surface area contributed by atoms with Crippen molar-refractivity contribution in [3.05, 3.63) is 0 Å². The van der Waals surface area contributed by atoms with Crippen molar-refractivity contribution in [1.82, 2.24) is 4.72 Å². The van der Waals surface area contributed by atoms with E-state index in [4.69, 9.17) is 5.11 Å². The van der Waals surface area contributed by atoms with Gasteiger partial charge >= 0.3 is 0 Å². The molecule has 4 nitrogen and oxygen atoms in total. The molecule has 1 fully saturated rings. The van der Waals surface area contributed by atoms with Crippen molar-refractivity contribution in [3.8, 4) is 0 Å². The first kappa shape index (κ1) is 11.9. The minimum absolute atomic E-state index is 0.0990. The van der Waals surface area contributed by atoms with Gasteiger partial charge in [-0.25, -0.2) is 13.1 Å². The molecule has 0 unspecified atom stereocenters. The fraction of sp³-hybridized carbons (Fsp3) is 1.00. The molecule has 0 atom stereocenters. The molecule has 1 rings (SSSR count). The zero-order chi connectivity index (χ0) is 11.0. The molecule has 0 heterocycles. The van der Waals surface area contributed by atoms with Gasteiger partial charge in [0.05, 0.1) is 17.9 Å². The molecule has 0 saturated heterocycles. The highest BCUT2D eigenvalue weighted by atomic mass is 32.2. The summed E-state index contributed by atoms with van der Waals surface area (Å²) in [5, 5.41) is 8.99. The van der Waals surface area contributed by atoms with Gasteiger partial charge in [-0.15, -0.1) is 0 Å². The first-order valence-electron chi connectivity index (χ1n) is 4.81. The normalized spacial score (nSPS) is 20.9. The van der Waals surface area contributed by atoms with E-state index in [0.717, 1.165) is 12.8 Å². The van der Waals surface area contributed by atoms with E-state index in [0.29, 0.717) is 0 Å². The molecule has 0 spiro atoms. The zero-order valence-corrected chi connectivity index (χ0v) is 9.82. The average Bonchev–Trinajstić information content (AvgIpc) is 2.62. The molecule has 0 radical (unpaired) electrons. The van der Waals surface area contributed by atoms with Crippen molar-refractivity contribution in [2.75, 3.05) is 12.4 Å². The van der Waals surface area contributed by atoms with Crippen LogP contribution in [-0.2, 0) is 10.0 Å². The van der Waals surface area contributed by atoms with Crippen LogP contribution in [0, 0.1) is 5.41 Å². The molecular formula is C9H19NO3S. The third-order valence-electron chi connectivity index (χ3n) is 2.15. The summed E-state index contributed by atoms with van der Waals surface area (Å²) in [6, 6.07) is 0. The van der Waals surface area contributed by atoms with Gasteiger partial charge in [-0.3, -0.25) is 0 Å². The fourth-order valence-corrected chi connectivity index (χ4v) is 3.52. The number of aliphatic hydroxyl groups is 1. The Bertz CT molecular complexity index is 299. The number of nitrogens with one attached hydrogen (secondary N) is 1. The fourth-order valence-electron chi connectivity index (χ4n) is 1.38. The van der Waals surface area contributed by atoms with E-state index in [1.807, 2.05) is 20.8 Å². The second-order valence-electron chi connectivity index (χ2n) is 5.36. The molecule has 0 aromatic carbocycles. The van der Waals surface area contributed by atoms with Gasteiger partial charge < -0.3 is 5.11 Å². The Morgan fingerprint density at radius 2 is 1.86 bits per heavy atom. The van der Waals surface area contributed by atoms with Crippen LogP contribution in [0.15, 0.2) is 0 Å². The number of sulfonamides is 1. The summed E-state index contributed by atoms with van der Waals surface area (Å²) < 4.78 is 25.8. The molecular weight excluding hydrogens is 202 g/mol. The van der Waals surface area contributed by atoms with E-state index >= 15 is 0 Å². The molecule has 0 aliphatic heterocycles. The first-order valence-corrected chi connectivity index (χ1v) is 6.46. The number of rotatable bonds is 4. The molecule has 84 valence electrons.